The normalized spacial score (nSPS) is 11.8. The third kappa shape index (κ3) is 9.51. The van der Waals surface area contributed by atoms with E-state index in [1.807, 2.05) is 61.5 Å². The number of amides is 2. The van der Waals surface area contributed by atoms with E-state index in [0.717, 1.165) is 23.8 Å². The van der Waals surface area contributed by atoms with Gasteiger partial charge in [0, 0.05) is 32.5 Å². The van der Waals surface area contributed by atoms with E-state index in [0.29, 0.717) is 30.2 Å². The van der Waals surface area contributed by atoms with E-state index in [1.54, 1.807) is 43.4 Å². The van der Waals surface area contributed by atoms with E-state index < -0.39 is 16.1 Å². The van der Waals surface area contributed by atoms with E-state index in [4.69, 9.17) is 9.47 Å². The maximum Gasteiger partial charge on any atom is 0.243 e. The van der Waals surface area contributed by atoms with Crippen molar-refractivity contribution in [2.75, 3.05) is 37.9 Å². The maximum atomic E-state index is 13.9. The zero-order valence-electron chi connectivity index (χ0n) is 24.8. The van der Waals surface area contributed by atoms with Gasteiger partial charge in [0.05, 0.1) is 26.2 Å². The van der Waals surface area contributed by atoms with Gasteiger partial charge < -0.3 is 19.7 Å². The fraction of sp³-hybridized carbons (Fsp3) is 0.375. The molecule has 42 heavy (non-hydrogen) atoms. The number of carbonyl (C=O) groups is 2. The third-order valence-corrected chi connectivity index (χ3v) is 8.01. The van der Waals surface area contributed by atoms with Gasteiger partial charge in [-0.1, -0.05) is 49.4 Å². The second-order valence-corrected chi connectivity index (χ2v) is 11.9. The Bertz CT molecular complexity index is 1400. The van der Waals surface area contributed by atoms with Crippen LogP contribution in [0.3, 0.4) is 0 Å². The molecular formula is C32H41N3O6S. The lowest BCUT2D eigenvalue weighted by Gasteiger charge is -2.32. The lowest BCUT2D eigenvalue weighted by molar-refractivity contribution is -0.141. The second kappa shape index (κ2) is 15.8. The van der Waals surface area contributed by atoms with Gasteiger partial charge in [-0.2, -0.15) is 0 Å². The molecule has 1 atom stereocenters. The highest BCUT2D eigenvalue weighted by Gasteiger charge is 2.30. The number of nitrogens with one attached hydrogen (secondary N) is 1. The van der Waals surface area contributed by atoms with Crippen molar-refractivity contribution < 1.29 is 27.5 Å². The number of hydrogen-bond acceptors (Lipinski definition) is 6. The lowest BCUT2D eigenvalue weighted by Crippen LogP contribution is -2.50. The molecule has 1 N–H and O–H groups in total. The van der Waals surface area contributed by atoms with Crippen molar-refractivity contribution in [2.24, 2.45) is 0 Å². The molecule has 0 saturated heterocycles. The van der Waals surface area contributed by atoms with Crippen molar-refractivity contribution in [3.63, 3.8) is 0 Å². The number of ether oxygens (including phenoxy) is 2. The van der Waals surface area contributed by atoms with Gasteiger partial charge in [-0.15, -0.1) is 0 Å². The van der Waals surface area contributed by atoms with Crippen molar-refractivity contribution >= 4 is 27.5 Å². The first-order chi connectivity index (χ1) is 20.2. The van der Waals surface area contributed by atoms with Crippen LogP contribution in [0.1, 0.15) is 37.3 Å². The molecule has 3 aromatic carbocycles. The van der Waals surface area contributed by atoms with Crippen LogP contribution >= 0.6 is 0 Å². The zero-order chi connectivity index (χ0) is 30.5. The van der Waals surface area contributed by atoms with Crippen molar-refractivity contribution in [3.05, 3.63) is 90.0 Å². The summed E-state index contributed by atoms with van der Waals surface area (Å²) in [4.78, 5) is 29.0. The molecule has 9 nitrogen and oxygen atoms in total. The average Bonchev–Trinajstić information content (AvgIpc) is 2.99. The molecule has 2 amide bonds. The van der Waals surface area contributed by atoms with Crippen LogP contribution in [-0.2, 0) is 32.6 Å². The molecule has 0 aliphatic carbocycles. The molecule has 0 radical (unpaired) electrons. The van der Waals surface area contributed by atoms with Crippen molar-refractivity contribution in [2.45, 2.75) is 45.2 Å². The molecule has 10 heteroatoms. The van der Waals surface area contributed by atoms with Crippen molar-refractivity contribution in [1.29, 1.82) is 0 Å². The van der Waals surface area contributed by atoms with Crippen LogP contribution in [0.15, 0.2) is 78.9 Å². The number of rotatable bonds is 16. The summed E-state index contributed by atoms with van der Waals surface area (Å²) in [5.41, 5.74) is 2.24. The monoisotopic (exact) mass is 595 g/mol. The molecular weight excluding hydrogens is 554 g/mol. The van der Waals surface area contributed by atoms with Gasteiger partial charge in [-0.3, -0.25) is 13.9 Å². The van der Waals surface area contributed by atoms with Gasteiger partial charge in [-0.25, -0.2) is 8.42 Å². The Hall–Kier alpha value is -4.05. The topological polar surface area (TPSA) is 105 Å². The number of nitrogens with zero attached hydrogens (tertiary/aromatic N) is 2. The molecule has 0 spiro atoms. The van der Waals surface area contributed by atoms with E-state index >= 15 is 0 Å². The minimum atomic E-state index is -3.60. The number of methoxy groups -OCH3 is 2. The Labute approximate surface area is 249 Å². The van der Waals surface area contributed by atoms with Crippen LogP contribution in [0.25, 0.3) is 0 Å². The number of hydrogen-bond donors (Lipinski definition) is 1. The quantitative estimate of drug-likeness (QED) is 0.263. The molecule has 0 fully saturated rings. The fourth-order valence-electron chi connectivity index (χ4n) is 4.64. The number of carbonyl (C=O) groups excluding carboxylic acids is 2. The predicted molar refractivity (Wildman–Crippen MR) is 165 cm³/mol. The van der Waals surface area contributed by atoms with Crippen LogP contribution in [-0.4, -0.2) is 64.7 Å². The van der Waals surface area contributed by atoms with E-state index in [1.165, 1.54) is 4.31 Å². The Kier molecular flexibility index (Phi) is 12.2. The molecule has 3 aromatic rings. The Morgan fingerprint density at radius 2 is 1.55 bits per heavy atom. The third-order valence-electron chi connectivity index (χ3n) is 6.82. The standard InChI is InChI=1S/C32H41N3O6S/c1-5-20-33-32(37)30(23-25-11-7-6-8-12-25)34(24-26-13-9-14-29(22-26)41-3)31(36)15-10-21-35(42(4,38)39)27-16-18-28(40-2)19-17-27/h6-9,11-14,16-19,22,30H,5,10,15,20-21,23-24H2,1-4H3,(H,33,37)/t30-/m1/s1. The summed E-state index contributed by atoms with van der Waals surface area (Å²) in [6.45, 7) is 2.77. The van der Waals surface area contributed by atoms with Crippen LogP contribution in [0, 0.1) is 0 Å². The molecule has 0 unspecified atom stereocenters. The number of benzene rings is 3. The molecule has 0 bridgehead atoms. The molecule has 3 rings (SSSR count). The van der Waals surface area contributed by atoms with Gasteiger partial charge in [0.1, 0.15) is 17.5 Å². The SMILES string of the molecule is CCCNC(=O)[C@@H](Cc1ccccc1)N(Cc1cccc(OC)c1)C(=O)CCCN(c1ccc(OC)cc1)S(C)(=O)=O. The largest absolute Gasteiger partial charge is 0.497 e. The summed E-state index contributed by atoms with van der Waals surface area (Å²) >= 11 is 0. The number of sulfonamides is 1. The molecule has 0 aliphatic rings. The molecule has 0 saturated carbocycles. The first-order valence-corrected chi connectivity index (χ1v) is 15.9. The van der Waals surface area contributed by atoms with Crippen LogP contribution in [0.2, 0.25) is 0 Å². The summed E-state index contributed by atoms with van der Waals surface area (Å²) in [5.74, 6) is 0.793. The highest BCUT2D eigenvalue weighted by molar-refractivity contribution is 7.92. The summed E-state index contributed by atoms with van der Waals surface area (Å²) in [6, 6.07) is 23.0. The molecule has 226 valence electrons. The fourth-order valence-corrected chi connectivity index (χ4v) is 5.61. The number of anilines is 1. The molecule has 0 aliphatic heterocycles. The Morgan fingerprint density at radius 1 is 0.881 bits per heavy atom. The van der Waals surface area contributed by atoms with Gasteiger partial charge >= 0.3 is 0 Å². The van der Waals surface area contributed by atoms with Crippen LogP contribution in [0.5, 0.6) is 11.5 Å². The average molecular weight is 596 g/mol. The Morgan fingerprint density at radius 3 is 2.17 bits per heavy atom. The minimum Gasteiger partial charge on any atom is -0.497 e. The molecule has 0 heterocycles. The summed E-state index contributed by atoms with van der Waals surface area (Å²) in [7, 11) is -0.483. The van der Waals surface area contributed by atoms with E-state index in [9.17, 15) is 18.0 Å². The summed E-state index contributed by atoms with van der Waals surface area (Å²) < 4.78 is 37.1. The van der Waals surface area contributed by atoms with Crippen molar-refractivity contribution in [3.8, 4) is 11.5 Å². The van der Waals surface area contributed by atoms with Crippen LogP contribution in [0.4, 0.5) is 5.69 Å². The smallest absolute Gasteiger partial charge is 0.243 e. The van der Waals surface area contributed by atoms with Crippen molar-refractivity contribution in [1.82, 2.24) is 10.2 Å². The first kappa shape index (κ1) is 32.5. The highest BCUT2D eigenvalue weighted by atomic mass is 32.2. The minimum absolute atomic E-state index is 0.0541. The first-order valence-electron chi connectivity index (χ1n) is 14.0. The van der Waals surface area contributed by atoms with Crippen LogP contribution < -0.4 is 19.1 Å². The zero-order valence-corrected chi connectivity index (χ0v) is 25.6. The lowest BCUT2D eigenvalue weighted by atomic mass is 10.0. The summed E-state index contributed by atoms with van der Waals surface area (Å²) in [5, 5.41) is 2.97. The van der Waals surface area contributed by atoms with E-state index in [-0.39, 0.29) is 37.7 Å². The van der Waals surface area contributed by atoms with E-state index in [2.05, 4.69) is 5.32 Å². The Balaban J connectivity index is 1.87. The van der Waals surface area contributed by atoms with Gasteiger partial charge in [0.15, 0.2) is 0 Å². The highest BCUT2D eigenvalue weighted by Crippen LogP contribution is 2.23. The summed E-state index contributed by atoms with van der Waals surface area (Å²) in [6.07, 6.45) is 2.56. The predicted octanol–water partition coefficient (Wildman–Crippen LogP) is 4.42. The van der Waals surface area contributed by atoms with Gasteiger partial charge in [0.2, 0.25) is 21.8 Å². The van der Waals surface area contributed by atoms with Gasteiger partial charge in [0.25, 0.3) is 0 Å². The van der Waals surface area contributed by atoms with Gasteiger partial charge in [-0.05, 0) is 60.4 Å². The second-order valence-electron chi connectivity index (χ2n) is 10.0. The molecule has 0 aromatic heterocycles. The maximum absolute atomic E-state index is 13.9.